The zero-order valence-corrected chi connectivity index (χ0v) is 20.3. The second kappa shape index (κ2) is 8.38. The molecule has 3 N–H and O–H groups in total. The summed E-state index contributed by atoms with van der Waals surface area (Å²) in [5, 5.41) is 22.9. The number of anilines is 2. The largest absolute Gasteiger partial charge is 0.423 e. The number of fused-ring (bicyclic) bond motifs is 2. The Labute approximate surface area is 204 Å². The molecule has 0 fully saturated rings. The lowest BCUT2D eigenvalue weighted by Gasteiger charge is -2.30. The van der Waals surface area contributed by atoms with Gasteiger partial charge in [0.1, 0.15) is 17.5 Å². The van der Waals surface area contributed by atoms with Crippen LogP contribution >= 0.6 is 0 Å². The van der Waals surface area contributed by atoms with E-state index in [-0.39, 0.29) is 11.5 Å². The highest BCUT2D eigenvalue weighted by molar-refractivity contribution is 6.10. The molecule has 0 aliphatic carbocycles. The smallest absolute Gasteiger partial charge is 0.393 e. The van der Waals surface area contributed by atoms with Crippen LogP contribution in [0.3, 0.4) is 0 Å². The van der Waals surface area contributed by atoms with E-state index in [9.17, 15) is 28.2 Å². The van der Waals surface area contributed by atoms with E-state index in [4.69, 9.17) is 0 Å². The highest BCUT2D eigenvalue weighted by atomic mass is 19.4. The van der Waals surface area contributed by atoms with Gasteiger partial charge in [0.2, 0.25) is 11.5 Å². The van der Waals surface area contributed by atoms with E-state index in [1.165, 1.54) is 24.0 Å². The van der Waals surface area contributed by atoms with E-state index in [0.29, 0.717) is 28.2 Å². The third-order valence-corrected chi connectivity index (χ3v) is 6.79. The van der Waals surface area contributed by atoms with Crippen LogP contribution in [0.15, 0.2) is 30.3 Å². The minimum absolute atomic E-state index is 0.0831. The van der Waals surface area contributed by atoms with Crippen LogP contribution in [0.2, 0.25) is 0 Å². The monoisotopic (exact) mass is 506 g/mol. The van der Waals surface area contributed by atoms with E-state index < -0.39 is 41.2 Å². The van der Waals surface area contributed by atoms with Crippen molar-refractivity contribution in [3.05, 3.63) is 58.7 Å². The molecule has 0 radical (unpaired) electrons. The summed E-state index contributed by atoms with van der Waals surface area (Å²) in [6.07, 6.45) is -5.30. The van der Waals surface area contributed by atoms with Gasteiger partial charge in [-0.25, -0.2) is 14.4 Å². The number of amides is 1. The van der Waals surface area contributed by atoms with Gasteiger partial charge in [0.15, 0.2) is 0 Å². The van der Waals surface area contributed by atoms with Crippen LogP contribution < -0.4 is 10.2 Å². The van der Waals surface area contributed by atoms with Crippen molar-refractivity contribution in [2.24, 2.45) is 0 Å². The molecule has 0 spiro atoms. The zero-order chi connectivity index (χ0) is 26.8. The molecule has 2 heterocycles. The summed E-state index contributed by atoms with van der Waals surface area (Å²) in [6.45, 7) is 5.11. The summed E-state index contributed by atoms with van der Waals surface area (Å²) in [7, 11) is 1.66. The van der Waals surface area contributed by atoms with Gasteiger partial charge in [-0.3, -0.25) is 4.79 Å². The fourth-order valence-electron chi connectivity index (χ4n) is 4.63. The molecule has 36 heavy (non-hydrogen) atoms. The van der Waals surface area contributed by atoms with Gasteiger partial charge in [0.25, 0.3) is 0 Å². The average molecular weight is 507 g/mol. The van der Waals surface area contributed by atoms with Crippen molar-refractivity contribution in [3.8, 4) is 0 Å². The standard InChI is InChI=1S/C25H26F4N4O3/c1-12(14-7-6-8-16(20(14)26)24(36,11-34)25(27,28)29)30-21-15-9-19-17(10-18(15)31-13(2)32-21)23(3,4)22(35)33(19)5/h6-10,12,34,36H,11H2,1-5H3,(H,30,31,32)/t12-,24-/m1/s1. The predicted molar refractivity (Wildman–Crippen MR) is 126 cm³/mol. The quantitative estimate of drug-likeness (QED) is 0.448. The lowest BCUT2D eigenvalue weighted by atomic mass is 9.85. The fraction of sp³-hybridized carbons (Fsp3) is 0.400. The Morgan fingerprint density at radius 2 is 1.86 bits per heavy atom. The van der Waals surface area contributed by atoms with E-state index >= 15 is 4.39 Å². The summed E-state index contributed by atoms with van der Waals surface area (Å²) in [6, 6.07) is 5.93. The number of likely N-dealkylation sites (N-methyl/N-ethyl adjacent to an activating group) is 1. The van der Waals surface area contributed by atoms with E-state index in [1.807, 2.05) is 19.9 Å². The van der Waals surface area contributed by atoms with Crippen LogP contribution in [0, 0.1) is 12.7 Å². The highest BCUT2D eigenvalue weighted by Crippen LogP contribution is 2.44. The van der Waals surface area contributed by atoms with E-state index in [0.717, 1.165) is 11.6 Å². The average Bonchev–Trinajstić information content (AvgIpc) is 2.96. The van der Waals surface area contributed by atoms with Gasteiger partial charge in [0, 0.05) is 29.2 Å². The predicted octanol–water partition coefficient (Wildman–Crippen LogP) is 4.25. The molecule has 2 atom stereocenters. The topological polar surface area (TPSA) is 98.6 Å². The number of aromatic nitrogens is 2. The maximum atomic E-state index is 15.3. The second-order valence-electron chi connectivity index (χ2n) is 9.59. The maximum Gasteiger partial charge on any atom is 0.423 e. The first-order valence-electron chi connectivity index (χ1n) is 11.2. The van der Waals surface area contributed by atoms with Gasteiger partial charge >= 0.3 is 6.18 Å². The number of halogens is 4. The number of carbonyl (C=O) groups is 1. The molecule has 11 heteroatoms. The maximum absolute atomic E-state index is 15.3. The number of hydrogen-bond donors (Lipinski definition) is 3. The molecule has 192 valence electrons. The first kappa shape index (κ1) is 25.8. The molecule has 0 unspecified atom stereocenters. The van der Waals surface area contributed by atoms with E-state index in [1.54, 1.807) is 20.0 Å². The van der Waals surface area contributed by atoms with Gasteiger partial charge in [-0.2, -0.15) is 13.2 Å². The Hall–Kier alpha value is -3.31. The molecule has 1 aliphatic rings. The van der Waals surface area contributed by atoms with Crippen LogP contribution in [0.5, 0.6) is 0 Å². The minimum Gasteiger partial charge on any atom is -0.393 e. The van der Waals surface area contributed by atoms with E-state index in [2.05, 4.69) is 15.3 Å². The summed E-state index contributed by atoms with van der Waals surface area (Å²) >= 11 is 0. The van der Waals surface area contributed by atoms with Gasteiger partial charge < -0.3 is 20.4 Å². The van der Waals surface area contributed by atoms with Crippen molar-refractivity contribution in [2.75, 3.05) is 23.9 Å². The SMILES string of the molecule is Cc1nc(N[C@H](C)c2cccc([C@](O)(CO)C(F)(F)F)c2F)c2cc3c(cc2n1)C(C)(C)C(=O)N3C. The summed E-state index contributed by atoms with van der Waals surface area (Å²) < 4.78 is 55.7. The number of aliphatic hydroxyl groups is 2. The number of rotatable bonds is 5. The Morgan fingerprint density at radius 1 is 1.19 bits per heavy atom. The number of carbonyl (C=O) groups excluding carboxylic acids is 1. The van der Waals surface area contributed by atoms with Crippen LogP contribution in [-0.4, -0.2) is 45.9 Å². The Morgan fingerprint density at radius 3 is 2.47 bits per heavy atom. The molecular weight excluding hydrogens is 480 g/mol. The first-order chi connectivity index (χ1) is 16.6. The van der Waals surface area contributed by atoms with Gasteiger partial charge in [-0.15, -0.1) is 0 Å². The number of benzene rings is 2. The highest BCUT2D eigenvalue weighted by Gasteiger charge is 2.56. The van der Waals surface area contributed by atoms with Crippen molar-refractivity contribution < 1.29 is 32.6 Å². The molecule has 2 aromatic carbocycles. The van der Waals surface area contributed by atoms with Gasteiger partial charge in [0.05, 0.1) is 23.6 Å². The van der Waals surface area contributed by atoms with Crippen LogP contribution in [-0.2, 0) is 15.8 Å². The number of aliphatic hydroxyl groups excluding tert-OH is 1. The zero-order valence-electron chi connectivity index (χ0n) is 20.3. The molecule has 0 saturated carbocycles. The molecule has 0 bridgehead atoms. The molecule has 3 aromatic rings. The van der Waals surface area contributed by atoms with Crippen molar-refractivity contribution in [2.45, 2.75) is 50.9 Å². The molecule has 0 saturated heterocycles. The Bertz CT molecular complexity index is 1380. The number of aryl methyl sites for hydroxylation is 1. The van der Waals surface area contributed by atoms with Crippen molar-refractivity contribution in [1.29, 1.82) is 0 Å². The number of alkyl halides is 3. The molecule has 1 aromatic heterocycles. The van der Waals surface area contributed by atoms with Crippen LogP contribution in [0.4, 0.5) is 29.1 Å². The van der Waals surface area contributed by atoms with Gasteiger partial charge in [-0.05, 0) is 45.4 Å². The van der Waals surface area contributed by atoms with Gasteiger partial charge in [-0.1, -0.05) is 18.2 Å². The third-order valence-electron chi connectivity index (χ3n) is 6.79. The van der Waals surface area contributed by atoms with Crippen molar-refractivity contribution >= 4 is 28.3 Å². The first-order valence-corrected chi connectivity index (χ1v) is 11.2. The Balaban J connectivity index is 1.79. The normalized spacial score (nSPS) is 17.8. The third kappa shape index (κ3) is 3.77. The number of nitrogens with one attached hydrogen (secondary N) is 1. The second-order valence-corrected chi connectivity index (χ2v) is 9.59. The van der Waals surface area contributed by atoms with Crippen molar-refractivity contribution in [3.63, 3.8) is 0 Å². The Kier molecular flexibility index (Phi) is 6.00. The molecule has 7 nitrogen and oxygen atoms in total. The molecule has 4 rings (SSSR count). The fourth-order valence-corrected chi connectivity index (χ4v) is 4.63. The molecular formula is C25H26F4N4O3. The number of nitrogens with zero attached hydrogens (tertiary/aromatic N) is 3. The van der Waals surface area contributed by atoms with Crippen LogP contribution in [0.25, 0.3) is 10.9 Å². The lowest BCUT2D eigenvalue weighted by Crippen LogP contribution is -2.46. The summed E-state index contributed by atoms with van der Waals surface area (Å²) in [5.74, 6) is -0.681. The number of hydrogen-bond acceptors (Lipinski definition) is 6. The van der Waals surface area contributed by atoms with Crippen molar-refractivity contribution in [1.82, 2.24) is 9.97 Å². The summed E-state index contributed by atoms with van der Waals surface area (Å²) in [5.41, 5.74) is -3.72. The molecule has 1 aliphatic heterocycles. The van der Waals surface area contributed by atoms with Crippen LogP contribution in [0.1, 0.15) is 49.3 Å². The summed E-state index contributed by atoms with van der Waals surface area (Å²) in [4.78, 5) is 23.2. The lowest BCUT2D eigenvalue weighted by molar-refractivity contribution is -0.278. The molecule has 1 amide bonds. The minimum atomic E-state index is -5.30.